The number of benzene rings is 2. The Morgan fingerprint density at radius 3 is 2.44 bits per heavy atom. The van der Waals surface area contributed by atoms with Crippen LogP contribution < -0.4 is 0 Å². The van der Waals surface area contributed by atoms with E-state index >= 15 is 0 Å². The van der Waals surface area contributed by atoms with E-state index in [1.54, 1.807) is 6.20 Å². The van der Waals surface area contributed by atoms with Gasteiger partial charge in [0, 0.05) is 60.2 Å². The zero-order chi connectivity index (χ0) is 23.7. The fraction of sp³-hybridized carbons (Fsp3) is 0.192. The lowest BCUT2D eigenvalue weighted by Gasteiger charge is -2.28. The monoisotopic (exact) mass is 480 g/mol. The van der Waals surface area contributed by atoms with Gasteiger partial charge in [0.1, 0.15) is 0 Å². The third kappa shape index (κ3) is 4.95. The molecule has 2 aromatic heterocycles. The summed E-state index contributed by atoms with van der Waals surface area (Å²) in [5, 5.41) is 0.680. The molecule has 1 aliphatic rings. The summed E-state index contributed by atoms with van der Waals surface area (Å²) < 4.78 is 38.4. The van der Waals surface area contributed by atoms with Crippen molar-refractivity contribution in [3.8, 4) is 22.6 Å². The molecule has 8 heteroatoms. The number of nitrogens with zero attached hydrogens (tertiary/aromatic N) is 4. The highest BCUT2D eigenvalue weighted by Gasteiger charge is 2.30. The van der Waals surface area contributed by atoms with Gasteiger partial charge >= 0.3 is 6.18 Å². The van der Waals surface area contributed by atoms with Gasteiger partial charge in [-0.1, -0.05) is 41.9 Å². The van der Waals surface area contributed by atoms with Gasteiger partial charge in [0.25, 0.3) is 0 Å². The molecule has 0 bridgehead atoms. The molecule has 0 spiro atoms. The smallest absolute Gasteiger partial charge is 0.294 e. The Morgan fingerprint density at radius 1 is 0.912 bits per heavy atom. The molecule has 0 saturated carbocycles. The molecular weight excluding hydrogens is 461 g/mol. The van der Waals surface area contributed by atoms with E-state index < -0.39 is 11.7 Å². The second kappa shape index (κ2) is 9.16. The van der Waals surface area contributed by atoms with E-state index in [4.69, 9.17) is 11.6 Å². The molecule has 1 aliphatic heterocycles. The van der Waals surface area contributed by atoms with Gasteiger partial charge in [-0.3, -0.25) is 9.88 Å². The Bertz CT molecular complexity index is 1310. The Kier molecular flexibility index (Phi) is 6.06. The van der Waals surface area contributed by atoms with E-state index in [9.17, 15) is 13.2 Å². The lowest BCUT2D eigenvalue weighted by molar-refractivity contribution is -0.137. The van der Waals surface area contributed by atoms with Gasteiger partial charge in [-0.2, -0.15) is 13.2 Å². The molecule has 0 radical (unpaired) electrons. The normalized spacial score (nSPS) is 14.1. The summed E-state index contributed by atoms with van der Waals surface area (Å²) in [6, 6.07) is 16.6. The summed E-state index contributed by atoms with van der Waals surface area (Å²) in [5.41, 5.74) is 4.83. The molecular formula is C26H20ClF3N4. The van der Waals surface area contributed by atoms with E-state index in [0.717, 1.165) is 59.7 Å². The highest BCUT2D eigenvalue weighted by molar-refractivity contribution is 6.30. The molecule has 0 N–H and O–H groups in total. The molecule has 2 aromatic carbocycles. The van der Waals surface area contributed by atoms with Crippen LogP contribution in [-0.2, 0) is 25.7 Å². The van der Waals surface area contributed by atoms with Crippen molar-refractivity contribution in [2.24, 2.45) is 0 Å². The fourth-order valence-electron chi connectivity index (χ4n) is 4.05. The van der Waals surface area contributed by atoms with Gasteiger partial charge in [-0.05, 0) is 35.9 Å². The first-order chi connectivity index (χ1) is 16.3. The van der Waals surface area contributed by atoms with Crippen molar-refractivity contribution in [3.05, 3.63) is 100 Å². The number of aromatic nitrogens is 3. The number of pyridine rings is 1. The van der Waals surface area contributed by atoms with E-state index in [1.807, 2.05) is 36.5 Å². The molecule has 0 saturated heterocycles. The molecule has 0 fully saturated rings. The Balaban J connectivity index is 1.26. The largest absolute Gasteiger partial charge is 0.416 e. The lowest BCUT2D eigenvalue weighted by Crippen LogP contribution is -2.31. The predicted octanol–water partition coefficient (Wildman–Crippen LogP) is 6.44. The molecule has 172 valence electrons. The van der Waals surface area contributed by atoms with Crippen molar-refractivity contribution in [2.45, 2.75) is 25.7 Å². The highest BCUT2D eigenvalue weighted by atomic mass is 35.5. The summed E-state index contributed by atoms with van der Waals surface area (Å²) in [7, 11) is 0. The summed E-state index contributed by atoms with van der Waals surface area (Å²) >= 11 is 6.08. The molecule has 3 heterocycles. The van der Waals surface area contributed by atoms with Gasteiger partial charge in [-0.25, -0.2) is 9.97 Å². The third-order valence-electron chi connectivity index (χ3n) is 5.83. The van der Waals surface area contributed by atoms with Gasteiger partial charge < -0.3 is 0 Å². The zero-order valence-corrected chi connectivity index (χ0v) is 18.8. The maximum Gasteiger partial charge on any atom is 0.416 e. The van der Waals surface area contributed by atoms with Crippen molar-refractivity contribution in [3.63, 3.8) is 0 Å². The van der Waals surface area contributed by atoms with Gasteiger partial charge in [0.2, 0.25) is 0 Å². The predicted molar refractivity (Wildman–Crippen MR) is 125 cm³/mol. The van der Waals surface area contributed by atoms with Crippen molar-refractivity contribution < 1.29 is 13.2 Å². The van der Waals surface area contributed by atoms with Crippen LogP contribution in [-0.4, -0.2) is 26.4 Å². The average molecular weight is 481 g/mol. The summed E-state index contributed by atoms with van der Waals surface area (Å²) in [6.45, 7) is 2.29. The van der Waals surface area contributed by atoms with Crippen molar-refractivity contribution in [1.29, 1.82) is 0 Å². The van der Waals surface area contributed by atoms with Crippen LogP contribution in [0.15, 0.2) is 73.1 Å². The van der Waals surface area contributed by atoms with Crippen molar-refractivity contribution in [2.75, 3.05) is 6.54 Å². The SMILES string of the molecule is FC(F)(F)c1ccc(-c2ncc3c(n2)CCN(Cc2ccc(-c4cccc(Cl)c4)nc2)C3)cc1. The van der Waals surface area contributed by atoms with Gasteiger partial charge in [-0.15, -0.1) is 0 Å². The molecule has 0 unspecified atom stereocenters. The van der Waals surface area contributed by atoms with Crippen LogP contribution in [0.2, 0.25) is 5.02 Å². The van der Waals surface area contributed by atoms with Gasteiger partial charge in [0.05, 0.1) is 17.0 Å². The fourth-order valence-corrected chi connectivity index (χ4v) is 4.24. The van der Waals surface area contributed by atoms with Crippen LogP contribution in [0.3, 0.4) is 0 Å². The summed E-state index contributed by atoms with van der Waals surface area (Å²) in [4.78, 5) is 15.9. The van der Waals surface area contributed by atoms with Crippen LogP contribution >= 0.6 is 11.6 Å². The van der Waals surface area contributed by atoms with E-state index in [-0.39, 0.29) is 0 Å². The number of hydrogen-bond donors (Lipinski definition) is 0. The third-order valence-corrected chi connectivity index (χ3v) is 6.07. The number of fused-ring (bicyclic) bond motifs is 1. The molecule has 4 aromatic rings. The summed E-state index contributed by atoms with van der Waals surface area (Å²) in [5.74, 6) is 0.446. The summed E-state index contributed by atoms with van der Waals surface area (Å²) in [6.07, 6.45) is 0.0568. The Morgan fingerprint density at radius 2 is 1.74 bits per heavy atom. The van der Waals surface area contributed by atoms with Crippen LogP contribution in [0.5, 0.6) is 0 Å². The quantitative estimate of drug-likeness (QED) is 0.337. The Labute approximate surface area is 200 Å². The molecule has 0 atom stereocenters. The van der Waals surface area contributed by atoms with Crippen LogP contribution in [0.1, 0.15) is 22.4 Å². The highest BCUT2D eigenvalue weighted by Crippen LogP contribution is 2.31. The van der Waals surface area contributed by atoms with E-state index in [1.165, 1.54) is 12.1 Å². The zero-order valence-electron chi connectivity index (χ0n) is 18.1. The maximum absolute atomic E-state index is 12.8. The molecule has 4 nitrogen and oxygen atoms in total. The molecule has 0 aliphatic carbocycles. The minimum atomic E-state index is -4.36. The second-order valence-corrected chi connectivity index (χ2v) is 8.70. The van der Waals surface area contributed by atoms with Crippen LogP contribution in [0.25, 0.3) is 22.6 Å². The second-order valence-electron chi connectivity index (χ2n) is 8.26. The standard InChI is InChI=1S/C26H20ClF3N4/c27-22-3-1-2-19(12-22)23-9-4-17(13-31-23)15-34-11-10-24-20(16-34)14-32-25(33-24)18-5-7-21(8-6-18)26(28,29)30/h1-9,12-14H,10-11,15-16H2. The number of hydrogen-bond acceptors (Lipinski definition) is 4. The maximum atomic E-state index is 12.8. The average Bonchev–Trinajstić information content (AvgIpc) is 2.84. The van der Waals surface area contributed by atoms with Crippen molar-refractivity contribution >= 4 is 11.6 Å². The van der Waals surface area contributed by atoms with E-state index in [0.29, 0.717) is 23.0 Å². The minimum absolute atomic E-state index is 0.446. The first kappa shape index (κ1) is 22.5. The molecule has 34 heavy (non-hydrogen) atoms. The van der Waals surface area contributed by atoms with E-state index in [2.05, 4.69) is 25.9 Å². The molecule has 5 rings (SSSR count). The minimum Gasteiger partial charge on any atom is -0.294 e. The number of alkyl halides is 3. The van der Waals surface area contributed by atoms with Crippen molar-refractivity contribution in [1.82, 2.24) is 19.9 Å². The Hall–Kier alpha value is -3.29. The topological polar surface area (TPSA) is 41.9 Å². The number of rotatable bonds is 4. The number of halogens is 4. The lowest BCUT2D eigenvalue weighted by atomic mass is 10.1. The first-order valence-electron chi connectivity index (χ1n) is 10.8. The van der Waals surface area contributed by atoms with Crippen LogP contribution in [0, 0.1) is 0 Å². The van der Waals surface area contributed by atoms with Gasteiger partial charge in [0.15, 0.2) is 5.82 Å². The molecule has 0 amide bonds. The first-order valence-corrected chi connectivity index (χ1v) is 11.2. The van der Waals surface area contributed by atoms with Crippen LogP contribution in [0.4, 0.5) is 13.2 Å².